The molecule has 2 amide bonds. The fourth-order valence-corrected chi connectivity index (χ4v) is 2.13. The van der Waals surface area contributed by atoms with Crippen LogP contribution in [0.3, 0.4) is 0 Å². The number of carbonyl (C=O) groups is 3. The van der Waals surface area contributed by atoms with Crippen molar-refractivity contribution in [2.75, 3.05) is 5.32 Å². The van der Waals surface area contributed by atoms with Gasteiger partial charge in [0.1, 0.15) is 6.04 Å². The van der Waals surface area contributed by atoms with Gasteiger partial charge in [-0.3, -0.25) is 14.4 Å². The van der Waals surface area contributed by atoms with E-state index in [9.17, 15) is 14.4 Å². The predicted octanol–water partition coefficient (Wildman–Crippen LogP) is 1.27. The van der Waals surface area contributed by atoms with Crippen LogP contribution in [0.5, 0.6) is 0 Å². The number of anilines is 1. The van der Waals surface area contributed by atoms with Gasteiger partial charge in [0.2, 0.25) is 11.8 Å². The summed E-state index contributed by atoms with van der Waals surface area (Å²) in [5, 5.41) is 14.5. The van der Waals surface area contributed by atoms with E-state index < -0.39 is 17.4 Å². The van der Waals surface area contributed by atoms with Crippen LogP contribution in [0.1, 0.15) is 32.3 Å². The third-order valence-electron chi connectivity index (χ3n) is 3.72. The van der Waals surface area contributed by atoms with Crippen LogP contribution < -0.4 is 10.6 Å². The Labute approximate surface area is 122 Å². The van der Waals surface area contributed by atoms with Crippen LogP contribution in [0, 0.1) is 0 Å². The molecule has 0 aromatic heterocycles. The second-order valence-corrected chi connectivity index (χ2v) is 5.66. The van der Waals surface area contributed by atoms with Gasteiger partial charge in [0, 0.05) is 12.1 Å². The Morgan fingerprint density at radius 3 is 2.38 bits per heavy atom. The van der Waals surface area contributed by atoms with Crippen molar-refractivity contribution < 1.29 is 19.5 Å². The van der Waals surface area contributed by atoms with Crippen molar-refractivity contribution in [3.8, 4) is 0 Å². The maximum absolute atomic E-state index is 11.9. The summed E-state index contributed by atoms with van der Waals surface area (Å²) >= 11 is 0. The second kappa shape index (κ2) is 5.55. The van der Waals surface area contributed by atoms with E-state index in [-0.39, 0.29) is 11.8 Å². The molecule has 6 nitrogen and oxygen atoms in total. The van der Waals surface area contributed by atoms with Crippen LogP contribution in [-0.2, 0) is 19.8 Å². The van der Waals surface area contributed by atoms with Gasteiger partial charge < -0.3 is 15.7 Å². The van der Waals surface area contributed by atoms with Gasteiger partial charge in [-0.05, 0) is 38.0 Å². The topological polar surface area (TPSA) is 95.5 Å². The molecule has 1 heterocycles. The van der Waals surface area contributed by atoms with Crippen molar-refractivity contribution in [3.63, 3.8) is 0 Å². The zero-order valence-electron chi connectivity index (χ0n) is 12.0. The Morgan fingerprint density at radius 2 is 1.90 bits per heavy atom. The molecule has 0 unspecified atom stereocenters. The van der Waals surface area contributed by atoms with Crippen LogP contribution in [0.15, 0.2) is 24.3 Å². The first-order valence-electron chi connectivity index (χ1n) is 6.75. The zero-order valence-corrected chi connectivity index (χ0v) is 12.0. The third kappa shape index (κ3) is 3.21. The second-order valence-electron chi connectivity index (χ2n) is 5.66. The van der Waals surface area contributed by atoms with E-state index in [1.54, 1.807) is 38.1 Å². The molecule has 1 aromatic carbocycles. The molecule has 0 aliphatic carbocycles. The van der Waals surface area contributed by atoms with Crippen molar-refractivity contribution in [1.29, 1.82) is 0 Å². The summed E-state index contributed by atoms with van der Waals surface area (Å²) in [6.07, 6.45) is 0.860. The van der Waals surface area contributed by atoms with E-state index in [0.717, 1.165) is 0 Å². The zero-order chi connectivity index (χ0) is 15.6. The van der Waals surface area contributed by atoms with E-state index in [1.165, 1.54) is 0 Å². The van der Waals surface area contributed by atoms with Crippen molar-refractivity contribution in [2.45, 2.75) is 38.1 Å². The van der Waals surface area contributed by atoms with E-state index in [2.05, 4.69) is 10.6 Å². The van der Waals surface area contributed by atoms with Crippen molar-refractivity contribution in [3.05, 3.63) is 29.8 Å². The number of nitrogens with one attached hydrogen (secondary N) is 2. The van der Waals surface area contributed by atoms with Crippen molar-refractivity contribution >= 4 is 23.5 Å². The molecule has 1 fully saturated rings. The molecule has 0 radical (unpaired) electrons. The molecule has 1 saturated heterocycles. The molecule has 1 atom stereocenters. The van der Waals surface area contributed by atoms with Gasteiger partial charge in [0.15, 0.2) is 0 Å². The molecular weight excluding hydrogens is 272 g/mol. The normalized spacial score (nSPS) is 18.2. The lowest BCUT2D eigenvalue weighted by Gasteiger charge is -2.20. The first-order valence-corrected chi connectivity index (χ1v) is 6.75. The van der Waals surface area contributed by atoms with Gasteiger partial charge in [-0.25, -0.2) is 0 Å². The number of hydrogen-bond donors (Lipinski definition) is 3. The van der Waals surface area contributed by atoms with Gasteiger partial charge in [-0.15, -0.1) is 0 Å². The van der Waals surface area contributed by atoms with Crippen LogP contribution >= 0.6 is 0 Å². The quantitative estimate of drug-likeness (QED) is 0.778. The molecule has 1 aromatic rings. The average molecular weight is 290 g/mol. The summed E-state index contributed by atoms with van der Waals surface area (Å²) in [7, 11) is 0. The maximum Gasteiger partial charge on any atom is 0.313 e. The highest BCUT2D eigenvalue weighted by Crippen LogP contribution is 2.25. The molecule has 0 bridgehead atoms. The van der Waals surface area contributed by atoms with Gasteiger partial charge in [0.25, 0.3) is 0 Å². The summed E-state index contributed by atoms with van der Waals surface area (Å²) in [6.45, 7) is 3.24. The molecule has 1 aliphatic rings. The highest BCUT2D eigenvalue weighted by atomic mass is 16.4. The minimum atomic E-state index is -0.984. The largest absolute Gasteiger partial charge is 0.481 e. The molecule has 21 heavy (non-hydrogen) atoms. The number of benzene rings is 1. The number of carboxylic acids is 1. The Balaban J connectivity index is 2.04. The van der Waals surface area contributed by atoms with Gasteiger partial charge >= 0.3 is 5.97 Å². The summed E-state index contributed by atoms with van der Waals surface area (Å²) in [5.41, 5.74) is 0.246. The van der Waals surface area contributed by atoms with Crippen LogP contribution in [0.4, 0.5) is 5.69 Å². The standard InChI is InChI=1S/C15H18N2O4/c1-15(2,14(20)21)9-3-5-10(6-4-9)16-13(19)11-7-8-12(18)17-11/h3-6,11H,7-8H2,1-2H3,(H,16,19)(H,17,18)(H,20,21)/t11-/m1/s1. The molecule has 0 spiro atoms. The monoisotopic (exact) mass is 290 g/mol. The third-order valence-corrected chi connectivity index (χ3v) is 3.72. The molecule has 3 N–H and O–H groups in total. The Hall–Kier alpha value is -2.37. The Morgan fingerprint density at radius 1 is 1.29 bits per heavy atom. The number of aliphatic carboxylic acids is 1. The van der Waals surface area contributed by atoms with Crippen molar-refractivity contribution in [2.24, 2.45) is 0 Å². The predicted molar refractivity (Wildman–Crippen MR) is 76.9 cm³/mol. The molecule has 112 valence electrons. The molecule has 6 heteroatoms. The van der Waals surface area contributed by atoms with Gasteiger partial charge in [0.05, 0.1) is 5.41 Å². The fourth-order valence-electron chi connectivity index (χ4n) is 2.13. The first kappa shape index (κ1) is 15.0. The number of hydrogen-bond acceptors (Lipinski definition) is 3. The fraction of sp³-hybridized carbons (Fsp3) is 0.400. The highest BCUT2D eigenvalue weighted by molar-refractivity contribution is 5.99. The lowest BCUT2D eigenvalue weighted by molar-refractivity contribution is -0.142. The number of rotatable bonds is 4. The average Bonchev–Trinajstić information content (AvgIpc) is 2.86. The number of amides is 2. The minimum Gasteiger partial charge on any atom is -0.481 e. The van der Waals surface area contributed by atoms with Gasteiger partial charge in [-0.1, -0.05) is 12.1 Å². The van der Waals surface area contributed by atoms with E-state index in [1.807, 2.05) is 0 Å². The summed E-state index contributed by atoms with van der Waals surface area (Å²) < 4.78 is 0. The Bertz CT molecular complexity index is 578. The maximum atomic E-state index is 11.9. The van der Waals surface area contributed by atoms with Crippen molar-refractivity contribution in [1.82, 2.24) is 5.32 Å². The summed E-state index contributed by atoms with van der Waals surface area (Å²) in [4.78, 5) is 34.2. The molecule has 0 saturated carbocycles. The van der Waals surface area contributed by atoms with Crippen LogP contribution in [0.2, 0.25) is 0 Å². The number of carbonyl (C=O) groups excluding carboxylic acids is 2. The molecule has 1 aliphatic heterocycles. The number of carboxylic acid groups (broad SMARTS) is 1. The van der Waals surface area contributed by atoms with Crippen LogP contribution in [-0.4, -0.2) is 28.9 Å². The molecular formula is C15H18N2O4. The van der Waals surface area contributed by atoms with Gasteiger partial charge in [-0.2, -0.15) is 0 Å². The minimum absolute atomic E-state index is 0.117. The smallest absolute Gasteiger partial charge is 0.313 e. The van der Waals surface area contributed by atoms with Crippen LogP contribution in [0.25, 0.3) is 0 Å². The Kier molecular flexibility index (Phi) is 3.97. The first-order chi connectivity index (χ1) is 9.80. The highest BCUT2D eigenvalue weighted by Gasteiger charge is 2.30. The van der Waals surface area contributed by atoms with E-state index in [0.29, 0.717) is 24.1 Å². The molecule has 2 rings (SSSR count). The van der Waals surface area contributed by atoms with E-state index >= 15 is 0 Å². The lowest BCUT2D eigenvalue weighted by atomic mass is 9.85. The lowest BCUT2D eigenvalue weighted by Crippen LogP contribution is -2.37. The van der Waals surface area contributed by atoms with E-state index in [4.69, 9.17) is 5.11 Å². The SMILES string of the molecule is CC(C)(C(=O)O)c1ccc(NC(=O)[C@H]2CCC(=O)N2)cc1. The summed E-state index contributed by atoms with van der Waals surface area (Å²) in [6, 6.07) is 6.18. The summed E-state index contributed by atoms with van der Waals surface area (Å²) in [5.74, 6) is -1.28.